The van der Waals surface area contributed by atoms with Crippen molar-refractivity contribution in [2.45, 2.75) is 6.42 Å². The number of ether oxygens (including phenoxy) is 2. The third kappa shape index (κ3) is 5.44. The minimum Gasteiger partial charge on any atom is -0.493 e. The van der Waals surface area contributed by atoms with Crippen LogP contribution in [0.5, 0.6) is 11.5 Å². The molecule has 0 radical (unpaired) electrons. The molecule has 8 nitrogen and oxygen atoms in total. The first-order chi connectivity index (χ1) is 10.0. The number of nitrogens with zero attached hydrogens (tertiary/aromatic N) is 1. The van der Waals surface area contributed by atoms with Gasteiger partial charge in [-0.2, -0.15) is 0 Å². The molecule has 0 saturated carbocycles. The highest BCUT2D eigenvalue weighted by atomic mass is 35.5. The van der Waals surface area contributed by atoms with Crippen LogP contribution in [-0.4, -0.2) is 47.8 Å². The van der Waals surface area contributed by atoms with E-state index in [9.17, 15) is 14.9 Å². The molecule has 9 heteroatoms. The molecule has 1 aromatic carbocycles. The van der Waals surface area contributed by atoms with Crippen LogP contribution in [0.15, 0.2) is 12.1 Å². The number of aliphatic hydroxyl groups is 1. The number of nitro groups is 1. The van der Waals surface area contributed by atoms with Gasteiger partial charge in [-0.15, -0.1) is 11.6 Å². The zero-order chi connectivity index (χ0) is 16.4. The molecule has 0 bridgehead atoms. The molecule has 0 unspecified atom stereocenters. The SMILES string of the molecule is CO.COc1cc([N+](=O)[O-])c(C(=O)O)cc1OCCCCl. The first-order valence-corrected chi connectivity index (χ1v) is 6.28. The number of methoxy groups -OCH3 is 1. The maximum Gasteiger partial charge on any atom is 0.342 e. The third-order valence-electron chi connectivity index (χ3n) is 2.24. The van der Waals surface area contributed by atoms with Gasteiger partial charge in [0.15, 0.2) is 11.5 Å². The standard InChI is InChI=1S/C11H12ClNO6.CH4O/c1-18-9-6-8(13(16)17)7(11(14)15)5-10(9)19-4-2-3-12;1-2/h5-6H,2-4H2,1H3,(H,14,15);2H,1H3. The van der Waals surface area contributed by atoms with Gasteiger partial charge in [-0.3, -0.25) is 10.1 Å². The summed E-state index contributed by atoms with van der Waals surface area (Å²) in [6.45, 7) is 0.261. The van der Waals surface area contributed by atoms with Gasteiger partial charge < -0.3 is 19.7 Å². The van der Waals surface area contributed by atoms with Crippen LogP contribution in [0.3, 0.4) is 0 Å². The molecule has 2 N–H and O–H groups in total. The van der Waals surface area contributed by atoms with Gasteiger partial charge in [0.25, 0.3) is 5.69 Å². The van der Waals surface area contributed by atoms with Gasteiger partial charge in [-0.1, -0.05) is 0 Å². The monoisotopic (exact) mass is 321 g/mol. The fraction of sp³-hybridized carbons (Fsp3) is 0.417. The van der Waals surface area contributed by atoms with Crippen LogP contribution in [0.1, 0.15) is 16.8 Å². The van der Waals surface area contributed by atoms with Crippen LogP contribution >= 0.6 is 11.6 Å². The molecule has 0 aliphatic rings. The van der Waals surface area contributed by atoms with Crippen molar-refractivity contribution >= 4 is 23.3 Å². The van der Waals surface area contributed by atoms with Gasteiger partial charge in [0.2, 0.25) is 0 Å². The molecule has 0 fully saturated rings. The molecule has 0 aromatic heterocycles. The van der Waals surface area contributed by atoms with E-state index in [1.165, 1.54) is 7.11 Å². The zero-order valence-electron chi connectivity index (χ0n) is 11.5. The van der Waals surface area contributed by atoms with E-state index in [4.69, 9.17) is 31.3 Å². The Balaban J connectivity index is 0.00000191. The summed E-state index contributed by atoms with van der Waals surface area (Å²) in [6, 6.07) is 2.10. The number of rotatable bonds is 7. The van der Waals surface area contributed by atoms with Crippen LogP contribution in [0.25, 0.3) is 0 Å². The number of carboxylic acids is 1. The summed E-state index contributed by atoms with van der Waals surface area (Å²) in [4.78, 5) is 21.0. The quantitative estimate of drug-likeness (QED) is 0.341. The number of aromatic carboxylic acids is 1. The van der Waals surface area contributed by atoms with Crippen molar-refractivity contribution in [1.29, 1.82) is 0 Å². The highest BCUT2D eigenvalue weighted by Crippen LogP contribution is 2.34. The minimum absolute atomic E-state index is 0.103. The average Bonchev–Trinajstić information content (AvgIpc) is 2.48. The lowest BCUT2D eigenvalue weighted by atomic mass is 10.1. The molecule has 0 amide bonds. The van der Waals surface area contributed by atoms with Gasteiger partial charge in [-0.05, 0) is 6.42 Å². The van der Waals surface area contributed by atoms with Gasteiger partial charge in [-0.25, -0.2) is 4.79 Å². The Morgan fingerprint density at radius 3 is 2.43 bits per heavy atom. The van der Waals surface area contributed by atoms with E-state index in [-0.39, 0.29) is 18.1 Å². The van der Waals surface area contributed by atoms with Crippen molar-refractivity contribution in [2.24, 2.45) is 0 Å². The number of aliphatic hydroxyl groups excluding tert-OH is 1. The Labute approximate surface area is 126 Å². The Hall–Kier alpha value is -2.06. The van der Waals surface area contributed by atoms with E-state index in [0.717, 1.165) is 19.2 Å². The van der Waals surface area contributed by atoms with Crippen LogP contribution < -0.4 is 9.47 Å². The zero-order valence-corrected chi connectivity index (χ0v) is 12.3. The summed E-state index contributed by atoms with van der Waals surface area (Å²) >= 11 is 5.50. The summed E-state index contributed by atoms with van der Waals surface area (Å²) in [6.07, 6.45) is 0.560. The molecule has 0 spiro atoms. The molecular weight excluding hydrogens is 306 g/mol. The number of nitro benzene ring substituents is 1. The predicted octanol–water partition coefficient (Wildman–Crippen LogP) is 1.92. The summed E-state index contributed by atoms with van der Waals surface area (Å²) in [5.74, 6) is -0.778. The fourth-order valence-corrected chi connectivity index (χ4v) is 1.49. The smallest absolute Gasteiger partial charge is 0.342 e. The molecule has 21 heavy (non-hydrogen) atoms. The Morgan fingerprint density at radius 1 is 1.38 bits per heavy atom. The molecule has 0 heterocycles. The summed E-state index contributed by atoms with van der Waals surface area (Å²) < 4.78 is 10.2. The number of carboxylic acid groups (broad SMARTS) is 1. The Bertz CT molecular complexity index is 493. The fourth-order valence-electron chi connectivity index (χ4n) is 1.38. The van der Waals surface area contributed by atoms with Crippen LogP contribution in [0.2, 0.25) is 0 Å². The van der Waals surface area contributed by atoms with E-state index < -0.39 is 22.1 Å². The number of alkyl halides is 1. The number of benzene rings is 1. The lowest BCUT2D eigenvalue weighted by Gasteiger charge is -2.11. The summed E-state index contributed by atoms with van der Waals surface area (Å²) in [5.41, 5.74) is -0.999. The van der Waals surface area contributed by atoms with E-state index in [1.807, 2.05) is 0 Å². The van der Waals surface area contributed by atoms with Gasteiger partial charge in [0, 0.05) is 19.1 Å². The average molecular weight is 322 g/mol. The lowest BCUT2D eigenvalue weighted by Crippen LogP contribution is -2.06. The van der Waals surface area contributed by atoms with Gasteiger partial charge in [0.05, 0.1) is 24.7 Å². The van der Waals surface area contributed by atoms with Crippen LogP contribution in [0.4, 0.5) is 5.69 Å². The third-order valence-corrected chi connectivity index (χ3v) is 2.51. The molecule has 0 aliphatic carbocycles. The van der Waals surface area contributed by atoms with E-state index in [1.54, 1.807) is 0 Å². The predicted molar refractivity (Wildman–Crippen MR) is 75.6 cm³/mol. The minimum atomic E-state index is -1.41. The van der Waals surface area contributed by atoms with E-state index in [0.29, 0.717) is 12.3 Å². The van der Waals surface area contributed by atoms with E-state index >= 15 is 0 Å². The van der Waals surface area contributed by atoms with Crippen molar-refractivity contribution in [3.05, 3.63) is 27.8 Å². The second-order valence-corrected chi connectivity index (χ2v) is 3.85. The maximum absolute atomic E-state index is 11.0. The largest absolute Gasteiger partial charge is 0.493 e. The van der Waals surface area contributed by atoms with Crippen LogP contribution in [-0.2, 0) is 0 Å². The molecule has 0 aliphatic heterocycles. The first-order valence-electron chi connectivity index (χ1n) is 5.74. The van der Waals surface area contributed by atoms with Crippen molar-refractivity contribution < 1.29 is 29.4 Å². The second kappa shape index (κ2) is 9.78. The molecule has 1 rings (SSSR count). The Morgan fingerprint density at radius 2 is 2.00 bits per heavy atom. The highest BCUT2D eigenvalue weighted by Gasteiger charge is 2.24. The van der Waals surface area contributed by atoms with Crippen molar-refractivity contribution in [3.63, 3.8) is 0 Å². The number of carbonyl (C=O) groups is 1. The Kier molecular flexibility index (Phi) is 8.82. The maximum atomic E-state index is 11.0. The molecule has 0 atom stereocenters. The van der Waals surface area contributed by atoms with Crippen molar-refractivity contribution in [2.75, 3.05) is 26.7 Å². The number of halogens is 1. The van der Waals surface area contributed by atoms with Gasteiger partial charge in [0.1, 0.15) is 5.56 Å². The molecular formula is C12H16ClNO7. The number of hydrogen-bond donors (Lipinski definition) is 2. The normalized spacial score (nSPS) is 9.33. The van der Waals surface area contributed by atoms with Crippen molar-refractivity contribution in [1.82, 2.24) is 0 Å². The highest BCUT2D eigenvalue weighted by molar-refractivity contribution is 6.17. The molecule has 0 saturated heterocycles. The van der Waals surface area contributed by atoms with Gasteiger partial charge >= 0.3 is 5.97 Å². The van der Waals surface area contributed by atoms with E-state index in [2.05, 4.69) is 0 Å². The topological polar surface area (TPSA) is 119 Å². The number of hydrogen-bond acceptors (Lipinski definition) is 6. The summed E-state index contributed by atoms with van der Waals surface area (Å²) in [7, 11) is 2.31. The van der Waals surface area contributed by atoms with Crippen LogP contribution in [0, 0.1) is 10.1 Å². The van der Waals surface area contributed by atoms with Crippen molar-refractivity contribution in [3.8, 4) is 11.5 Å². The second-order valence-electron chi connectivity index (χ2n) is 3.47. The molecule has 118 valence electrons. The lowest BCUT2D eigenvalue weighted by molar-refractivity contribution is -0.385. The first kappa shape index (κ1) is 18.9. The summed E-state index contributed by atoms with van der Waals surface area (Å²) in [5, 5.41) is 26.7. The molecule has 1 aromatic rings.